The highest BCUT2D eigenvalue weighted by Crippen LogP contribution is 2.35. The third-order valence-electron chi connectivity index (χ3n) is 3.46. The van der Waals surface area contributed by atoms with Gasteiger partial charge in [0.15, 0.2) is 0 Å². The Hall–Kier alpha value is -2.77. The number of rotatable bonds is 4. The molecule has 9 heteroatoms. The van der Waals surface area contributed by atoms with Gasteiger partial charge in [-0.1, -0.05) is 41.4 Å². The summed E-state index contributed by atoms with van der Waals surface area (Å²) in [6.45, 7) is 0. The molecule has 28 heavy (non-hydrogen) atoms. The molecule has 0 amide bonds. The number of esters is 1. The quantitative estimate of drug-likeness (QED) is 0.356. The van der Waals surface area contributed by atoms with Gasteiger partial charge >= 0.3 is 12.1 Å². The summed E-state index contributed by atoms with van der Waals surface area (Å²) < 4.78 is 48.7. The zero-order valence-electron chi connectivity index (χ0n) is 13.8. The van der Waals surface area contributed by atoms with Gasteiger partial charge in [-0.05, 0) is 30.3 Å². The Kier molecular flexibility index (Phi) is 5.76. The predicted octanol–water partition coefficient (Wildman–Crippen LogP) is 6.42. The Morgan fingerprint density at radius 2 is 1.64 bits per heavy atom. The van der Waals surface area contributed by atoms with Crippen LogP contribution in [0.2, 0.25) is 10.0 Å². The van der Waals surface area contributed by atoms with Crippen molar-refractivity contribution in [3.8, 4) is 17.4 Å². The lowest BCUT2D eigenvalue weighted by molar-refractivity contribution is -0.137. The number of hydrogen-bond acceptors (Lipinski definition) is 4. The lowest BCUT2D eigenvalue weighted by Crippen LogP contribution is -2.09. The van der Waals surface area contributed by atoms with Crippen molar-refractivity contribution < 1.29 is 27.4 Å². The van der Waals surface area contributed by atoms with E-state index in [9.17, 15) is 18.0 Å². The van der Waals surface area contributed by atoms with Gasteiger partial charge in [-0.3, -0.25) is 0 Å². The minimum atomic E-state index is -4.57. The van der Waals surface area contributed by atoms with E-state index < -0.39 is 17.7 Å². The van der Waals surface area contributed by atoms with Crippen LogP contribution in [0.1, 0.15) is 15.9 Å². The number of aromatic nitrogens is 1. The van der Waals surface area contributed by atoms with Crippen LogP contribution in [0.4, 0.5) is 13.2 Å². The van der Waals surface area contributed by atoms with Crippen LogP contribution in [0, 0.1) is 0 Å². The Labute approximate surface area is 167 Å². The average molecular weight is 428 g/mol. The van der Waals surface area contributed by atoms with Gasteiger partial charge in [0.2, 0.25) is 5.88 Å². The molecule has 0 aliphatic rings. The summed E-state index contributed by atoms with van der Waals surface area (Å²) >= 11 is 11.8. The number of halogens is 5. The fourth-order valence-electron chi connectivity index (χ4n) is 2.16. The van der Waals surface area contributed by atoms with E-state index in [4.69, 9.17) is 32.7 Å². The summed E-state index contributed by atoms with van der Waals surface area (Å²) in [6, 6.07) is 13.0. The molecule has 0 saturated carbocycles. The molecule has 3 rings (SSSR count). The van der Waals surface area contributed by atoms with E-state index in [1.807, 2.05) is 0 Å². The number of nitrogens with zero attached hydrogens (tertiary/aromatic N) is 1. The summed E-state index contributed by atoms with van der Waals surface area (Å²) in [4.78, 5) is 15.8. The van der Waals surface area contributed by atoms with E-state index in [1.54, 1.807) is 18.2 Å². The standard InChI is InChI=1S/C19H10Cl2F3NO3/c20-15-7-2-1-6-14(15)18(26)28-13-5-3-4-12(9-13)27-17-16(21)8-11(10-25-17)19(22,23)24/h1-10H. The second-order valence-corrected chi connectivity index (χ2v) is 6.27. The average Bonchev–Trinajstić information content (AvgIpc) is 2.63. The minimum absolute atomic E-state index is 0.144. The molecule has 0 fully saturated rings. The maximum absolute atomic E-state index is 12.7. The Morgan fingerprint density at radius 1 is 0.929 bits per heavy atom. The molecule has 0 N–H and O–H groups in total. The van der Waals surface area contributed by atoms with Gasteiger partial charge in [-0.15, -0.1) is 0 Å². The van der Waals surface area contributed by atoms with Gasteiger partial charge in [-0.2, -0.15) is 13.2 Å². The second-order valence-electron chi connectivity index (χ2n) is 5.46. The molecular formula is C19H10Cl2F3NO3. The largest absolute Gasteiger partial charge is 0.437 e. The van der Waals surface area contributed by atoms with Crippen molar-refractivity contribution in [2.45, 2.75) is 6.18 Å². The van der Waals surface area contributed by atoms with Crippen LogP contribution < -0.4 is 9.47 Å². The van der Waals surface area contributed by atoms with Crippen LogP contribution >= 0.6 is 23.2 Å². The molecule has 1 heterocycles. The molecule has 144 valence electrons. The normalized spacial score (nSPS) is 11.2. The number of pyridine rings is 1. The minimum Gasteiger partial charge on any atom is -0.437 e. The molecule has 4 nitrogen and oxygen atoms in total. The second kappa shape index (κ2) is 8.08. The van der Waals surface area contributed by atoms with Gasteiger partial charge in [0.1, 0.15) is 16.5 Å². The van der Waals surface area contributed by atoms with Gasteiger partial charge < -0.3 is 9.47 Å². The molecule has 2 aromatic carbocycles. The molecule has 0 aliphatic carbocycles. The molecule has 0 bridgehead atoms. The first kappa shape index (κ1) is 20.0. The fourth-order valence-corrected chi connectivity index (χ4v) is 2.57. The summed E-state index contributed by atoms with van der Waals surface area (Å²) in [7, 11) is 0. The van der Waals surface area contributed by atoms with Crippen LogP contribution in [0.3, 0.4) is 0 Å². The van der Waals surface area contributed by atoms with Crippen molar-refractivity contribution in [2.24, 2.45) is 0 Å². The first-order valence-corrected chi connectivity index (χ1v) is 8.47. The molecule has 1 aromatic heterocycles. The Bertz CT molecular complexity index is 1030. The van der Waals surface area contributed by atoms with Crippen LogP contribution in [0.15, 0.2) is 60.8 Å². The predicted molar refractivity (Wildman–Crippen MR) is 97.2 cm³/mol. The summed E-state index contributed by atoms with van der Waals surface area (Å²) in [6.07, 6.45) is -3.95. The summed E-state index contributed by atoms with van der Waals surface area (Å²) in [5.41, 5.74) is -0.810. The lowest BCUT2D eigenvalue weighted by atomic mass is 10.2. The molecule has 0 radical (unpaired) electrons. The van der Waals surface area contributed by atoms with E-state index in [2.05, 4.69) is 4.98 Å². The van der Waals surface area contributed by atoms with E-state index >= 15 is 0 Å². The smallest absolute Gasteiger partial charge is 0.417 e. The molecule has 0 saturated heterocycles. The van der Waals surface area contributed by atoms with E-state index in [0.717, 1.165) is 0 Å². The van der Waals surface area contributed by atoms with Crippen LogP contribution in [0.25, 0.3) is 0 Å². The highest BCUT2D eigenvalue weighted by atomic mass is 35.5. The number of carbonyl (C=O) groups is 1. The summed E-state index contributed by atoms with van der Waals surface area (Å²) in [5.74, 6) is -0.582. The van der Waals surface area contributed by atoms with Crippen molar-refractivity contribution in [2.75, 3.05) is 0 Å². The lowest BCUT2D eigenvalue weighted by Gasteiger charge is -2.11. The zero-order valence-corrected chi connectivity index (χ0v) is 15.3. The highest BCUT2D eigenvalue weighted by molar-refractivity contribution is 6.33. The molecule has 0 unspecified atom stereocenters. The van der Waals surface area contributed by atoms with Gasteiger partial charge in [0.25, 0.3) is 0 Å². The Balaban J connectivity index is 1.77. The van der Waals surface area contributed by atoms with Crippen LogP contribution in [0.5, 0.6) is 17.4 Å². The van der Waals surface area contributed by atoms with E-state index in [-0.39, 0.29) is 33.0 Å². The molecule has 0 aliphatic heterocycles. The first-order chi connectivity index (χ1) is 13.2. The van der Waals surface area contributed by atoms with E-state index in [0.29, 0.717) is 12.3 Å². The zero-order chi connectivity index (χ0) is 20.3. The van der Waals surface area contributed by atoms with E-state index in [1.165, 1.54) is 30.3 Å². The van der Waals surface area contributed by atoms with Crippen molar-refractivity contribution in [3.05, 3.63) is 82.0 Å². The monoisotopic (exact) mass is 427 g/mol. The molecular weight excluding hydrogens is 418 g/mol. The van der Waals surface area contributed by atoms with Crippen LogP contribution in [-0.4, -0.2) is 11.0 Å². The highest BCUT2D eigenvalue weighted by Gasteiger charge is 2.31. The van der Waals surface area contributed by atoms with Crippen molar-refractivity contribution in [1.82, 2.24) is 4.98 Å². The SMILES string of the molecule is O=C(Oc1cccc(Oc2ncc(C(F)(F)F)cc2Cl)c1)c1ccccc1Cl. The maximum atomic E-state index is 12.7. The molecule has 3 aromatic rings. The number of benzene rings is 2. The van der Waals surface area contributed by atoms with Gasteiger partial charge in [0, 0.05) is 12.3 Å². The number of hydrogen-bond donors (Lipinski definition) is 0. The van der Waals surface area contributed by atoms with Crippen LogP contribution in [-0.2, 0) is 6.18 Å². The number of alkyl halides is 3. The van der Waals surface area contributed by atoms with Crippen molar-refractivity contribution >= 4 is 29.2 Å². The third kappa shape index (κ3) is 4.74. The number of carbonyl (C=O) groups excluding carboxylic acids is 1. The fraction of sp³-hybridized carbons (Fsp3) is 0.0526. The van der Waals surface area contributed by atoms with Gasteiger partial charge in [0.05, 0.1) is 16.1 Å². The van der Waals surface area contributed by atoms with Crippen molar-refractivity contribution in [3.63, 3.8) is 0 Å². The molecule has 0 spiro atoms. The number of ether oxygens (including phenoxy) is 2. The third-order valence-corrected chi connectivity index (χ3v) is 4.06. The van der Waals surface area contributed by atoms with Gasteiger partial charge in [-0.25, -0.2) is 9.78 Å². The maximum Gasteiger partial charge on any atom is 0.417 e. The Morgan fingerprint density at radius 3 is 2.32 bits per heavy atom. The molecule has 0 atom stereocenters. The van der Waals surface area contributed by atoms with Crippen molar-refractivity contribution in [1.29, 1.82) is 0 Å². The summed E-state index contributed by atoms with van der Waals surface area (Å²) in [5, 5.41) is -0.0751. The topological polar surface area (TPSA) is 48.4 Å². The first-order valence-electron chi connectivity index (χ1n) is 7.71.